The maximum absolute atomic E-state index is 12.0. The van der Waals surface area contributed by atoms with Gasteiger partial charge in [0, 0.05) is 24.1 Å². The van der Waals surface area contributed by atoms with Crippen LogP contribution in [-0.2, 0) is 9.53 Å². The second-order valence-corrected chi connectivity index (χ2v) is 4.64. The number of ether oxygens (including phenoxy) is 1. The van der Waals surface area contributed by atoms with Gasteiger partial charge < -0.3 is 14.9 Å². The zero-order valence-corrected chi connectivity index (χ0v) is 11.3. The molecule has 7 nitrogen and oxygen atoms in total. The Morgan fingerprint density at radius 1 is 1.43 bits per heavy atom. The molecule has 1 amide bonds. The van der Waals surface area contributed by atoms with E-state index in [4.69, 9.17) is 9.94 Å². The van der Waals surface area contributed by atoms with Gasteiger partial charge >= 0.3 is 0 Å². The van der Waals surface area contributed by atoms with Crippen LogP contribution in [0.15, 0.2) is 40.6 Å². The maximum Gasteiger partial charge on any atom is 0.292 e. The fraction of sp³-hybridized carbons (Fsp3) is 0.214. The van der Waals surface area contributed by atoms with E-state index in [1.807, 2.05) is 24.3 Å². The van der Waals surface area contributed by atoms with Gasteiger partial charge in [0.15, 0.2) is 6.10 Å². The SMILES string of the molecule is CN=C1NC(=O)[C@H]([C@H](/C=N\O)c2c[nH]c3ccccc23)O1. The molecule has 0 radical (unpaired) electrons. The Labute approximate surface area is 120 Å². The molecule has 1 aromatic heterocycles. The first kappa shape index (κ1) is 13.2. The molecular weight excluding hydrogens is 272 g/mol. The first-order valence-electron chi connectivity index (χ1n) is 6.42. The lowest BCUT2D eigenvalue weighted by molar-refractivity contribution is -0.123. The van der Waals surface area contributed by atoms with Gasteiger partial charge in [-0.3, -0.25) is 10.1 Å². The van der Waals surface area contributed by atoms with Crippen molar-refractivity contribution in [3.8, 4) is 0 Å². The standard InChI is InChI=1S/C14H14N4O3/c1-15-14-18-13(19)12(21-14)10(7-17-20)9-6-16-11-5-3-2-4-8(9)11/h2-7,10,12,16,20H,1H3,(H,15,18,19)/b17-7-/t10-,12+/m1/s1. The van der Waals surface area contributed by atoms with Gasteiger partial charge in [-0.2, -0.15) is 0 Å². The number of nitrogens with zero attached hydrogens (tertiary/aromatic N) is 2. The van der Waals surface area contributed by atoms with E-state index in [2.05, 4.69) is 20.4 Å². The van der Waals surface area contributed by atoms with Crippen molar-refractivity contribution in [3.05, 3.63) is 36.0 Å². The van der Waals surface area contributed by atoms with Gasteiger partial charge in [0.2, 0.25) is 0 Å². The van der Waals surface area contributed by atoms with E-state index in [-0.39, 0.29) is 11.9 Å². The molecule has 1 aliphatic rings. The number of amidine groups is 1. The fourth-order valence-electron chi connectivity index (χ4n) is 2.49. The topological polar surface area (TPSA) is 99.1 Å². The monoisotopic (exact) mass is 286 g/mol. The molecular formula is C14H14N4O3. The predicted molar refractivity (Wildman–Crippen MR) is 77.7 cm³/mol. The summed E-state index contributed by atoms with van der Waals surface area (Å²) in [6.45, 7) is 0. The summed E-state index contributed by atoms with van der Waals surface area (Å²) in [6, 6.07) is 7.85. The number of benzene rings is 1. The number of aliphatic imine (C=N–C) groups is 1. The van der Waals surface area contributed by atoms with Crippen LogP contribution in [-0.4, -0.2) is 41.5 Å². The molecule has 0 saturated carbocycles. The number of hydrogen-bond acceptors (Lipinski definition) is 5. The van der Waals surface area contributed by atoms with Crippen molar-refractivity contribution in [1.82, 2.24) is 10.3 Å². The minimum atomic E-state index is -0.821. The van der Waals surface area contributed by atoms with Crippen LogP contribution in [0, 0.1) is 0 Å². The van der Waals surface area contributed by atoms with Crippen LogP contribution in [0.25, 0.3) is 10.9 Å². The smallest absolute Gasteiger partial charge is 0.292 e. The van der Waals surface area contributed by atoms with Gasteiger partial charge in [-0.1, -0.05) is 18.2 Å². The number of para-hydroxylation sites is 1. The van der Waals surface area contributed by atoms with E-state index in [0.717, 1.165) is 16.5 Å². The molecule has 108 valence electrons. The summed E-state index contributed by atoms with van der Waals surface area (Å²) >= 11 is 0. The van der Waals surface area contributed by atoms with Gasteiger partial charge in [-0.25, -0.2) is 4.99 Å². The summed E-state index contributed by atoms with van der Waals surface area (Å²) in [4.78, 5) is 19.0. The average molecular weight is 286 g/mol. The lowest BCUT2D eigenvalue weighted by Crippen LogP contribution is -2.30. The number of carbonyl (C=O) groups excluding carboxylic acids is 1. The fourth-order valence-corrected chi connectivity index (χ4v) is 2.49. The third-order valence-electron chi connectivity index (χ3n) is 3.46. The molecule has 2 aromatic rings. The number of oxime groups is 1. The zero-order chi connectivity index (χ0) is 14.8. The van der Waals surface area contributed by atoms with E-state index >= 15 is 0 Å². The largest absolute Gasteiger partial charge is 0.450 e. The Kier molecular flexibility index (Phi) is 3.31. The number of carbonyl (C=O) groups is 1. The number of aromatic amines is 1. The Balaban J connectivity index is 2.04. The van der Waals surface area contributed by atoms with E-state index in [9.17, 15) is 4.79 Å². The second kappa shape index (κ2) is 5.28. The van der Waals surface area contributed by atoms with Crippen molar-refractivity contribution in [1.29, 1.82) is 0 Å². The van der Waals surface area contributed by atoms with E-state index in [1.54, 1.807) is 6.20 Å². The highest BCUT2D eigenvalue weighted by atomic mass is 16.5. The van der Waals surface area contributed by atoms with Crippen molar-refractivity contribution >= 4 is 29.0 Å². The number of H-pyrrole nitrogens is 1. The van der Waals surface area contributed by atoms with E-state index in [0.29, 0.717) is 0 Å². The maximum atomic E-state index is 12.0. The van der Waals surface area contributed by atoms with Crippen LogP contribution in [0.2, 0.25) is 0 Å². The lowest BCUT2D eigenvalue weighted by Gasteiger charge is -2.15. The molecule has 3 rings (SSSR count). The summed E-state index contributed by atoms with van der Waals surface area (Å²) in [6.07, 6.45) is 2.26. The number of amides is 1. The van der Waals surface area contributed by atoms with Crippen LogP contribution in [0.1, 0.15) is 11.5 Å². The third kappa shape index (κ3) is 2.22. The van der Waals surface area contributed by atoms with Crippen LogP contribution < -0.4 is 5.32 Å². The van der Waals surface area contributed by atoms with E-state index in [1.165, 1.54) is 13.3 Å². The minimum absolute atomic E-state index is 0.168. The van der Waals surface area contributed by atoms with Crippen molar-refractivity contribution in [2.24, 2.45) is 10.1 Å². The molecule has 2 heterocycles. The van der Waals surface area contributed by atoms with Crippen molar-refractivity contribution < 1.29 is 14.7 Å². The molecule has 3 N–H and O–H groups in total. The summed E-state index contributed by atoms with van der Waals surface area (Å²) in [7, 11) is 1.53. The minimum Gasteiger partial charge on any atom is -0.450 e. The Hall–Kier alpha value is -2.83. The molecule has 1 fully saturated rings. The molecule has 1 aliphatic heterocycles. The number of fused-ring (bicyclic) bond motifs is 1. The summed E-state index contributed by atoms with van der Waals surface area (Å²) in [5.41, 5.74) is 1.76. The molecule has 7 heteroatoms. The summed E-state index contributed by atoms with van der Waals surface area (Å²) in [5, 5.41) is 15.5. The lowest BCUT2D eigenvalue weighted by atomic mass is 9.94. The Morgan fingerprint density at radius 2 is 2.24 bits per heavy atom. The predicted octanol–water partition coefficient (Wildman–Crippen LogP) is 1.21. The summed E-state index contributed by atoms with van der Waals surface area (Å²) < 4.78 is 5.48. The van der Waals surface area contributed by atoms with Gasteiger partial charge in [0.1, 0.15) is 0 Å². The molecule has 0 unspecified atom stereocenters. The second-order valence-electron chi connectivity index (χ2n) is 4.64. The first-order valence-corrected chi connectivity index (χ1v) is 6.42. The third-order valence-corrected chi connectivity index (χ3v) is 3.46. The van der Waals surface area contributed by atoms with Crippen LogP contribution in [0.5, 0.6) is 0 Å². The van der Waals surface area contributed by atoms with Crippen LogP contribution in [0.3, 0.4) is 0 Å². The average Bonchev–Trinajstić information content (AvgIpc) is 3.08. The van der Waals surface area contributed by atoms with Gasteiger partial charge in [0.25, 0.3) is 11.9 Å². The molecule has 1 aromatic carbocycles. The Morgan fingerprint density at radius 3 is 2.95 bits per heavy atom. The normalized spacial score (nSPS) is 21.9. The zero-order valence-electron chi connectivity index (χ0n) is 11.3. The van der Waals surface area contributed by atoms with Gasteiger partial charge in [0.05, 0.1) is 12.1 Å². The van der Waals surface area contributed by atoms with Crippen LogP contribution >= 0.6 is 0 Å². The number of aromatic nitrogens is 1. The van der Waals surface area contributed by atoms with Crippen molar-refractivity contribution in [2.75, 3.05) is 7.05 Å². The summed E-state index contributed by atoms with van der Waals surface area (Å²) in [5.74, 6) is -0.837. The van der Waals surface area contributed by atoms with Crippen molar-refractivity contribution in [2.45, 2.75) is 12.0 Å². The number of nitrogens with one attached hydrogen (secondary N) is 2. The highest BCUT2D eigenvalue weighted by Crippen LogP contribution is 2.29. The van der Waals surface area contributed by atoms with Gasteiger partial charge in [-0.15, -0.1) is 5.16 Å². The molecule has 0 aliphatic carbocycles. The molecule has 1 saturated heterocycles. The molecule has 0 bridgehead atoms. The quantitative estimate of drug-likeness (QED) is 0.449. The van der Waals surface area contributed by atoms with Crippen molar-refractivity contribution in [3.63, 3.8) is 0 Å². The Bertz CT molecular complexity index is 735. The van der Waals surface area contributed by atoms with Crippen LogP contribution in [0.4, 0.5) is 0 Å². The molecule has 2 atom stereocenters. The highest BCUT2D eigenvalue weighted by molar-refractivity contribution is 6.04. The number of hydrogen-bond donors (Lipinski definition) is 3. The highest BCUT2D eigenvalue weighted by Gasteiger charge is 2.38. The number of rotatable bonds is 3. The first-order chi connectivity index (χ1) is 10.2. The van der Waals surface area contributed by atoms with Gasteiger partial charge in [-0.05, 0) is 11.6 Å². The molecule has 0 spiro atoms. The molecule has 21 heavy (non-hydrogen) atoms. The van der Waals surface area contributed by atoms with E-state index < -0.39 is 12.0 Å².